The van der Waals surface area contributed by atoms with Gasteiger partial charge in [-0.3, -0.25) is 4.90 Å². The van der Waals surface area contributed by atoms with Crippen molar-refractivity contribution in [1.29, 1.82) is 0 Å². The Morgan fingerprint density at radius 3 is 2.78 bits per heavy atom. The van der Waals surface area contributed by atoms with E-state index in [0.29, 0.717) is 17.8 Å². The van der Waals surface area contributed by atoms with Crippen molar-refractivity contribution < 1.29 is 9.18 Å². The molecule has 1 aliphatic rings. The number of urea groups is 1. The number of fused-ring (bicyclic) bond motifs is 1. The van der Waals surface area contributed by atoms with Gasteiger partial charge in [0.2, 0.25) is 0 Å². The summed E-state index contributed by atoms with van der Waals surface area (Å²) >= 11 is 1.66. The number of pyridine rings is 1. The monoisotopic (exact) mass is 331 g/mol. The maximum absolute atomic E-state index is 13.6. The lowest BCUT2D eigenvalue weighted by atomic mass is 10.2. The Bertz CT molecular complexity index is 779. The van der Waals surface area contributed by atoms with Gasteiger partial charge in [-0.25, -0.2) is 14.2 Å². The zero-order valence-corrected chi connectivity index (χ0v) is 14.1. The van der Waals surface area contributed by atoms with Gasteiger partial charge in [-0.2, -0.15) is 0 Å². The molecule has 0 saturated heterocycles. The average molecular weight is 331 g/mol. The molecular formula is C17H18FN3OS. The van der Waals surface area contributed by atoms with Crippen LogP contribution in [0.5, 0.6) is 0 Å². The Labute approximate surface area is 139 Å². The van der Waals surface area contributed by atoms with Crippen molar-refractivity contribution in [2.45, 2.75) is 25.8 Å². The van der Waals surface area contributed by atoms with Crippen LogP contribution in [0.1, 0.15) is 16.8 Å². The summed E-state index contributed by atoms with van der Waals surface area (Å²) < 4.78 is 13.6. The van der Waals surface area contributed by atoms with Gasteiger partial charge in [-0.1, -0.05) is 6.07 Å². The standard InChI is InChI=1S/C17H18FN3OS/c1-10-4-5-13(9-14(10)18)20-17(22)21-6-7-23-16-15(21)11(2)8-12(3)19-16/h4-5,8-9H,6-7H2,1-3H3,(H,20,22). The van der Waals surface area contributed by atoms with Crippen LogP contribution in [-0.4, -0.2) is 23.3 Å². The van der Waals surface area contributed by atoms with E-state index in [1.165, 1.54) is 6.07 Å². The predicted octanol–water partition coefficient (Wildman–Crippen LogP) is 4.29. The molecule has 120 valence electrons. The third-order valence-corrected chi connectivity index (χ3v) is 4.72. The minimum Gasteiger partial charge on any atom is -0.307 e. The molecule has 0 bridgehead atoms. The lowest BCUT2D eigenvalue weighted by Gasteiger charge is -2.30. The summed E-state index contributed by atoms with van der Waals surface area (Å²) in [5.41, 5.74) is 3.81. The molecule has 6 heteroatoms. The Morgan fingerprint density at radius 2 is 2.04 bits per heavy atom. The average Bonchev–Trinajstić information content (AvgIpc) is 2.50. The third-order valence-electron chi connectivity index (χ3n) is 3.77. The highest BCUT2D eigenvalue weighted by atomic mass is 32.2. The van der Waals surface area contributed by atoms with E-state index in [-0.39, 0.29) is 11.8 Å². The van der Waals surface area contributed by atoms with Crippen molar-refractivity contribution in [2.75, 3.05) is 22.5 Å². The summed E-state index contributed by atoms with van der Waals surface area (Å²) in [6.07, 6.45) is 0. The molecule has 23 heavy (non-hydrogen) atoms. The van der Waals surface area contributed by atoms with Crippen LogP contribution in [0.4, 0.5) is 20.6 Å². The first kappa shape index (κ1) is 15.8. The Balaban J connectivity index is 1.88. The molecule has 0 atom stereocenters. The number of hydrogen-bond acceptors (Lipinski definition) is 3. The van der Waals surface area contributed by atoms with E-state index in [9.17, 15) is 9.18 Å². The quantitative estimate of drug-likeness (QED) is 0.848. The second-order valence-corrected chi connectivity index (χ2v) is 6.71. The van der Waals surface area contributed by atoms with Crippen LogP contribution < -0.4 is 10.2 Å². The van der Waals surface area contributed by atoms with Gasteiger partial charge in [0.05, 0.1) is 5.69 Å². The van der Waals surface area contributed by atoms with Gasteiger partial charge in [0.25, 0.3) is 0 Å². The Kier molecular flexibility index (Phi) is 4.26. The van der Waals surface area contributed by atoms with Gasteiger partial charge in [-0.15, -0.1) is 11.8 Å². The van der Waals surface area contributed by atoms with E-state index in [4.69, 9.17) is 0 Å². The zero-order valence-electron chi connectivity index (χ0n) is 13.3. The first-order valence-corrected chi connectivity index (χ1v) is 8.40. The molecule has 1 aromatic carbocycles. The predicted molar refractivity (Wildman–Crippen MR) is 91.9 cm³/mol. The first-order valence-electron chi connectivity index (χ1n) is 7.41. The third kappa shape index (κ3) is 3.17. The van der Waals surface area contributed by atoms with Crippen LogP contribution in [0.15, 0.2) is 29.3 Å². The van der Waals surface area contributed by atoms with Crippen molar-refractivity contribution in [3.8, 4) is 0 Å². The normalized spacial score (nSPS) is 13.7. The molecule has 0 fully saturated rings. The molecule has 4 nitrogen and oxygen atoms in total. The second-order valence-electron chi connectivity index (χ2n) is 5.63. The highest BCUT2D eigenvalue weighted by Gasteiger charge is 2.26. The largest absolute Gasteiger partial charge is 0.326 e. The van der Waals surface area contributed by atoms with E-state index >= 15 is 0 Å². The van der Waals surface area contributed by atoms with Gasteiger partial charge in [0.1, 0.15) is 10.8 Å². The maximum Gasteiger partial charge on any atom is 0.326 e. The van der Waals surface area contributed by atoms with Crippen LogP contribution in [-0.2, 0) is 0 Å². The second kappa shape index (κ2) is 6.20. The number of nitrogens with one attached hydrogen (secondary N) is 1. The molecule has 3 rings (SSSR count). The molecule has 2 heterocycles. The lowest BCUT2D eigenvalue weighted by Crippen LogP contribution is -2.39. The number of hydrogen-bond donors (Lipinski definition) is 1. The smallest absolute Gasteiger partial charge is 0.307 e. The Hall–Kier alpha value is -2.08. The number of nitrogens with zero attached hydrogens (tertiary/aromatic N) is 2. The number of halogens is 1. The number of carbonyl (C=O) groups excluding carboxylic acids is 1. The SMILES string of the molecule is Cc1cc(C)c2c(n1)SCCN2C(=O)Nc1ccc(C)c(F)c1. The molecule has 1 aliphatic heterocycles. The summed E-state index contributed by atoms with van der Waals surface area (Å²) in [5, 5.41) is 3.65. The number of thioether (sulfide) groups is 1. The molecule has 0 saturated carbocycles. The van der Waals surface area contributed by atoms with Crippen LogP contribution in [0.3, 0.4) is 0 Å². The highest BCUT2D eigenvalue weighted by Crippen LogP contribution is 2.36. The summed E-state index contributed by atoms with van der Waals surface area (Å²) in [6.45, 7) is 6.22. The minimum atomic E-state index is -0.328. The van der Waals surface area contributed by atoms with E-state index in [0.717, 1.165) is 27.7 Å². The molecule has 0 aliphatic carbocycles. The lowest BCUT2D eigenvalue weighted by molar-refractivity contribution is 0.257. The van der Waals surface area contributed by atoms with Gasteiger partial charge >= 0.3 is 6.03 Å². The fourth-order valence-corrected chi connectivity index (χ4v) is 3.72. The van der Waals surface area contributed by atoms with Crippen LogP contribution in [0.25, 0.3) is 0 Å². The topological polar surface area (TPSA) is 45.2 Å². The number of benzene rings is 1. The van der Waals surface area contributed by atoms with Crippen molar-refractivity contribution in [1.82, 2.24) is 4.98 Å². The molecule has 2 aromatic rings. The Morgan fingerprint density at radius 1 is 1.26 bits per heavy atom. The number of aryl methyl sites for hydroxylation is 3. The van der Waals surface area contributed by atoms with E-state index in [1.807, 2.05) is 19.9 Å². The van der Waals surface area contributed by atoms with Gasteiger partial charge in [0.15, 0.2) is 0 Å². The van der Waals surface area contributed by atoms with E-state index in [2.05, 4.69) is 10.3 Å². The molecule has 0 unspecified atom stereocenters. The van der Waals surface area contributed by atoms with Crippen LogP contribution in [0, 0.1) is 26.6 Å². The molecule has 0 radical (unpaired) electrons. The molecular weight excluding hydrogens is 313 g/mol. The molecule has 2 amide bonds. The van der Waals surface area contributed by atoms with Crippen molar-refractivity contribution >= 4 is 29.2 Å². The van der Waals surface area contributed by atoms with Gasteiger partial charge < -0.3 is 5.32 Å². The van der Waals surface area contributed by atoms with Crippen LogP contribution in [0.2, 0.25) is 0 Å². The minimum absolute atomic E-state index is 0.261. The summed E-state index contributed by atoms with van der Waals surface area (Å²) in [6, 6.07) is 6.41. The fourth-order valence-electron chi connectivity index (χ4n) is 2.63. The zero-order chi connectivity index (χ0) is 16.6. The highest BCUT2D eigenvalue weighted by molar-refractivity contribution is 7.99. The van der Waals surface area contributed by atoms with Gasteiger partial charge in [-0.05, 0) is 50.1 Å². The number of anilines is 2. The van der Waals surface area contributed by atoms with Crippen molar-refractivity contribution in [2.24, 2.45) is 0 Å². The number of rotatable bonds is 1. The number of aromatic nitrogens is 1. The van der Waals surface area contributed by atoms with Crippen molar-refractivity contribution in [3.63, 3.8) is 0 Å². The molecule has 0 spiro atoms. The maximum atomic E-state index is 13.6. The fraction of sp³-hybridized carbons (Fsp3) is 0.294. The number of amides is 2. The van der Waals surface area contributed by atoms with E-state index < -0.39 is 0 Å². The summed E-state index contributed by atoms with van der Waals surface area (Å²) in [4.78, 5) is 18.8. The first-order chi connectivity index (χ1) is 11.0. The van der Waals surface area contributed by atoms with Gasteiger partial charge in [0, 0.05) is 23.7 Å². The molecule has 1 aromatic heterocycles. The summed E-state index contributed by atoms with van der Waals surface area (Å²) in [7, 11) is 0. The molecule has 1 N–H and O–H groups in total. The number of carbonyl (C=O) groups is 1. The van der Waals surface area contributed by atoms with Crippen LogP contribution >= 0.6 is 11.8 Å². The summed E-state index contributed by atoms with van der Waals surface area (Å²) in [5.74, 6) is 0.462. The van der Waals surface area contributed by atoms with Crippen molar-refractivity contribution in [3.05, 3.63) is 46.9 Å². The van der Waals surface area contributed by atoms with E-state index in [1.54, 1.807) is 35.7 Å².